The van der Waals surface area contributed by atoms with Gasteiger partial charge in [0, 0.05) is 0 Å². The number of aryl methyl sites for hydroxylation is 1. The van der Waals surface area contributed by atoms with Gasteiger partial charge in [0.05, 0.1) is 6.04 Å². The lowest BCUT2D eigenvalue weighted by Gasteiger charge is -2.36. The Kier molecular flexibility index (Phi) is 4.72. The maximum atomic E-state index is 2.67. The van der Waals surface area contributed by atoms with Gasteiger partial charge in [0.1, 0.15) is 0 Å². The van der Waals surface area contributed by atoms with Crippen LogP contribution in [0.2, 0.25) is 0 Å². The minimum absolute atomic E-state index is 0.419. The van der Waals surface area contributed by atoms with Crippen LogP contribution in [-0.4, -0.2) is 18.0 Å². The number of benzene rings is 2. The number of piperidine rings is 1. The highest BCUT2D eigenvalue weighted by Gasteiger charge is 2.25. The monoisotopic (exact) mass is 279 g/mol. The average molecular weight is 279 g/mol. The molecule has 0 aromatic heterocycles. The van der Waals surface area contributed by atoms with Crippen molar-refractivity contribution in [2.45, 2.75) is 38.6 Å². The SMILES string of the molecule is CCc1ccccc1C(c1ccccc1)N1CCCCC1. The first kappa shape index (κ1) is 14.3. The van der Waals surface area contributed by atoms with Crippen LogP contribution in [0.1, 0.15) is 48.9 Å². The highest BCUT2D eigenvalue weighted by atomic mass is 15.2. The molecule has 0 bridgehead atoms. The lowest BCUT2D eigenvalue weighted by atomic mass is 9.91. The first-order valence-electron chi connectivity index (χ1n) is 8.27. The van der Waals surface area contributed by atoms with Crippen molar-refractivity contribution in [3.05, 3.63) is 71.3 Å². The van der Waals surface area contributed by atoms with Gasteiger partial charge in [0.2, 0.25) is 0 Å². The molecule has 3 rings (SSSR count). The molecule has 1 aliphatic heterocycles. The summed E-state index contributed by atoms with van der Waals surface area (Å²) in [5, 5.41) is 0. The van der Waals surface area contributed by atoms with E-state index in [1.807, 2.05) is 0 Å². The zero-order valence-electron chi connectivity index (χ0n) is 13.0. The van der Waals surface area contributed by atoms with Gasteiger partial charge >= 0.3 is 0 Å². The zero-order chi connectivity index (χ0) is 14.5. The van der Waals surface area contributed by atoms with E-state index in [1.54, 1.807) is 0 Å². The van der Waals surface area contributed by atoms with Crippen molar-refractivity contribution in [3.63, 3.8) is 0 Å². The van der Waals surface area contributed by atoms with Crippen LogP contribution >= 0.6 is 0 Å². The minimum Gasteiger partial charge on any atom is -0.292 e. The predicted octanol–water partition coefficient (Wildman–Crippen LogP) is 4.82. The van der Waals surface area contributed by atoms with E-state index in [2.05, 4.69) is 66.4 Å². The Morgan fingerprint density at radius 2 is 1.52 bits per heavy atom. The minimum atomic E-state index is 0.419. The van der Waals surface area contributed by atoms with Gasteiger partial charge in [-0.05, 0) is 49.0 Å². The summed E-state index contributed by atoms with van der Waals surface area (Å²) in [4.78, 5) is 2.67. The molecule has 0 saturated carbocycles. The Morgan fingerprint density at radius 1 is 0.857 bits per heavy atom. The highest BCUT2D eigenvalue weighted by Crippen LogP contribution is 2.33. The van der Waals surface area contributed by atoms with Crippen molar-refractivity contribution >= 4 is 0 Å². The van der Waals surface area contributed by atoms with Gasteiger partial charge in [-0.3, -0.25) is 4.90 Å². The fourth-order valence-corrected chi connectivity index (χ4v) is 3.52. The smallest absolute Gasteiger partial charge is 0.0604 e. The van der Waals surface area contributed by atoms with E-state index in [9.17, 15) is 0 Å². The quantitative estimate of drug-likeness (QED) is 0.775. The average Bonchev–Trinajstić information content (AvgIpc) is 2.58. The Labute approximate surface area is 128 Å². The van der Waals surface area contributed by atoms with Gasteiger partial charge in [0.15, 0.2) is 0 Å². The fraction of sp³-hybridized carbons (Fsp3) is 0.400. The van der Waals surface area contributed by atoms with Crippen LogP contribution in [0.15, 0.2) is 54.6 Å². The molecule has 1 aliphatic rings. The Balaban J connectivity index is 2.03. The molecule has 2 aromatic carbocycles. The molecule has 1 heterocycles. The van der Waals surface area contributed by atoms with Gasteiger partial charge in [-0.2, -0.15) is 0 Å². The molecule has 2 aromatic rings. The number of hydrogen-bond acceptors (Lipinski definition) is 1. The summed E-state index contributed by atoms with van der Waals surface area (Å²) in [6, 6.07) is 20.4. The van der Waals surface area contributed by atoms with E-state index in [1.165, 1.54) is 49.0 Å². The Morgan fingerprint density at radius 3 is 2.24 bits per heavy atom. The molecule has 110 valence electrons. The molecule has 1 unspecified atom stereocenters. The van der Waals surface area contributed by atoms with Gasteiger partial charge in [-0.1, -0.05) is 67.9 Å². The molecule has 0 amide bonds. The third-order valence-corrected chi connectivity index (χ3v) is 4.60. The summed E-state index contributed by atoms with van der Waals surface area (Å²) in [5.74, 6) is 0. The maximum absolute atomic E-state index is 2.67. The van der Waals surface area contributed by atoms with Crippen molar-refractivity contribution in [2.24, 2.45) is 0 Å². The largest absolute Gasteiger partial charge is 0.292 e. The lowest BCUT2D eigenvalue weighted by Crippen LogP contribution is -2.34. The molecule has 1 saturated heterocycles. The molecule has 21 heavy (non-hydrogen) atoms. The van der Waals surface area contributed by atoms with Crippen LogP contribution in [0.25, 0.3) is 0 Å². The van der Waals surface area contributed by atoms with Crippen molar-refractivity contribution in [2.75, 3.05) is 13.1 Å². The second kappa shape index (κ2) is 6.91. The molecule has 0 aliphatic carbocycles. The molecule has 0 N–H and O–H groups in total. The Bertz CT molecular complexity index is 555. The lowest BCUT2D eigenvalue weighted by molar-refractivity contribution is 0.186. The van der Waals surface area contributed by atoms with Crippen LogP contribution in [0, 0.1) is 0 Å². The first-order chi connectivity index (χ1) is 10.4. The fourth-order valence-electron chi connectivity index (χ4n) is 3.52. The van der Waals surface area contributed by atoms with Gasteiger partial charge in [-0.15, -0.1) is 0 Å². The summed E-state index contributed by atoms with van der Waals surface area (Å²) in [7, 11) is 0. The van der Waals surface area contributed by atoms with Crippen molar-refractivity contribution < 1.29 is 0 Å². The normalized spacial score (nSPS) is 17.6. The van der Waals surface area contributed by atoms with Crippen LogP contribution in [-0.2, 0) is 6.42 Å². The summed E-state index contributed by atoms with van der Waals surface area (Å²) in [6.07, 6.45) is 5.15. The number of nitrogens with zero attached hydrogens (tertiary/aromatic N) is 1. The number of likely N-dealkylation sites (tertiary alicyclic amines) is 1. The number of hydrogen-bond donors (Lipinski definition) is 0. The third kappa shape index (κ3) is 3.19. The van der Waals surface area contributed by atoms with Crippen molar-refractivity contribution in [1.29, 1.82) is 0 Å². The molecule has 0 radical (unpaired) electrons. The van der Waals surface area contributed by atoms with E-state index < -0.39 is 0 Å². The van der Waals surface area contributed by atoms with Gasteiger partial charge < -0.3 is 0 Å². The highest BCUT2D eigenvalue weighted by molar-refractivity contribution is 5.37. The zero-order valence-corrected chi connectivity index (χ0v) is 13.0. The molecule has 1 heteroatoms. The first-order valence-corrected chi connectivity index (χ1v) is 8.27. The second-order valence-electron chi connectivity index (χ2n) is 5.96. The summed E-state index contributed by atoms with van der Waals surface area (Å²) in [5.41, 5.74) is 4.41. The Hall–Kier alpha value is -1.60. The van der Waals surface area contributed by atoms with Crippen molar-refractivity contribution in [1.82, 2.24) is 4.90 Å². The van der Waals surface area contributed by atoms with Crippen LogP contribution in [0.5, 0.6) is 0 Å². The van der Waals surface area contributed by atoms with E-state index in [-0.39, 0.29) is 0 Å². The van der Waals surface area contributed by atoms with Crippen LogP contribution < -0.4 is 0 Å². The van der Waals surface area contributed by atoms with Crippen LogP contribution in [0.4, 0.5) is 0 Å². The third-order valence-electron chi connectivity index (χ3n) is 4.60. The summed E-state index contributed by atoms with van der Waals surface area (Å²) in [6.45, 7) is 4.70. The number of rotatable bonds is 4. The van der Waals surface area contributed by atoms with Crippen molar-refractivity contribution in [3.8, 4) is 0 Å². The van der Waals surface area contributed by atoms with Gasteiger partial charge in [-0.25, -0.2) is 0 Å². The molecule has 1 atom stereocenters. The van der Waals surface area contributed by atoms with Crippen LogP contribution in [0.3, 0.4) is 0 Å². The summed E-state index contributed by atoms with van der Waals surface area (Å²) >= 11 is 0. The summed E-state index contributed by atoms with van der Waals surface area (Å²) < 4.78 is 0. The molecule has 0 spiro atoms. The van der Waals surface area contributed by atoms with E-state index in [0.717, 1.165) is 6.42 Å². The molecule has 1 nitrogen and oxygen atoms in total. The van der Waals surface area contributed by atoms with E-state index >= 15 is 0 Å². The second-order valence-corrected chi connectivity index (χ2v) is 5.96. The topological polar surface area (TPSA) is 3.24 Å². The maximum Gasteiger partial charge on any atom is 0.0604 e. The van der Waals surface area contributed by atoms with E-state index in [4.69, 9.17) is 0 Å². The predicted molar refractivity (Wildman–Crippen MR) is 89.5 cm³/mol. The van der Waals surface area contributed by atoms with Gasteiger partial charge in [0.25, 0.3) is 0 Å². The van der Waals surface area contributed by atoms with E-state index in [0.29, 0.717) is 6.04 Å². The standard InChI is InChI=1S/C20H25N/c1-2-17-11-7-8-14-19(17)20(18-12-5-3-6-13-18)21-15-9-4-10-16-21/h3,5-8,11-14,20H,2,4,9-10,15-16H2,1H3. The molecular weight excluding hydrogens is 254 g/mol. The molecule has 1 fully saturated rings. The molecular formula is C20H25N.